The Morgan fingerprint density at radius 3 is 2.44 bits per heavy atom. The molecule has 4 amide bonds. The van der Waals surface area contributed by atoms with E-state index in [0.717, 1.165) is 0 Å². The van der Waals surface area contributed by atoms with Crippen LogP contribution in [0, 0.1) is 5.82 Å². The average Bonchev–Trinajstić information content (AvgIpc) is 2.91. The summed E-state index contributed by atoms with van der Waals surface area (Å²) < 4.78 is 13.0. The van der Waals surface area contributed by atoms with Crippen LogP contribution in [0.25, 0.3) is 0 Å². The van der Waals surface area contributed by atoms with Gasteiger partial charge in [-0.2, -0.15) is 0 Å². The normalized spacial score (nSPS) is 21.0. The molecule has 1 unspecified atom stereocenters. The lowest BCUT2D eigenvalue weighted by molar-refractivity contribution is -0.132. The Kier molecular flexibility index (Phi) is 5.93. The number of amides is 4. The molecule has 3 rings (SSSR count). The van der Waals surface area contributed by atoms with Gasteiger partial charge in [0.15, 0.2) is 0 Å². The van der Waals surface area contributed by atoms with E-state index >= 15 is 0 Å². The number of nitrogens with one attached hydrogen (secondary N) is 1. The number of hydrogen-bond acceptors (Lipinski definition) is 3. The fourth-order valence-electron chi connectivity index (χ4n) is 3.49. The fraction of sp³-hybridized carbons (Fsp3) is 0.526. The van der Waals surface area contributed by atoms with E-state index < -0.39 is 0 Å². The first-order valence-corrected chi connectivity index (χ1v) is 9.28. The van der Waals surface area contributed by atoms with Gasteiger partial charge in [-0.1, -0.05) is 0 Å². The molecule has 2 aliphatic heterocycles. The first-order chi connectivity index (χ1) is 12.9. The predicted molar refractivity (Wildman–Crippen MR) is 97.7 cm³/mol. The molecule has 2 heterocycles. The Labute approximate surface area is 158 Å². The number of urea groups is 1. The van der Waals surface area contributed by atoms with Crippen LogP contribution in [-0.4, -0.2) is 78.4 Å². The van der Waals surface area contributed by atoms with E-state index in [1.807, 2.05) is 0 Å². The van der Waals surface area contributed by atoms with Crippen LogP contribution in [0.2, 0.25) is 0 Å². The maximum Gasteiger partial charge on any atom is 0.317 e. The highest BCUT2D eigenvalue weighted by Gasteiger charge is 2.27. The number of likely N-dealkylation sites (tertiary alicyclic amines) is 1. The van der Waals surface area contributed by atoms with Gasteiger partial charge in [0.2, 0.25) is 5.91 Å². The highest BCUT2D eigenvalue weighted by atomic mass is 19.1. The number of carbonyl (C=O) groups excluding carboxylic acids is 3. The quantitative estimate of drug-likeness (QED) is 0.846. The largest absolute Gasteiger partial charge is 0.344 e. The predicted octanol–water partition coefficient (Wildman–Crippen LogP) is 1.30. The van der Waals surface area contributed by atoms with Gasteiger partial charge in [-0.15, -0.1) is 0 Å². The van der Waals surface area contributed by atoms with Crippen molar-refractivity contribution < 1.29 is 18.8 Å². The minimum Gasteiger partial charge on any atom is -0.344 e. The van der Waals surface area contributed by atoms with Gasteiger partial charge in [-0.3, -0.25) is 9.59 Å². The van der Waals surface area contributed by atoms with E-state index in [0.29, 0.717) is 57.5 Å². The third-order valence-corrected chi connectivity index (χ3v) is 5.12. The second-order valence-electron chi connectivity index (χ2n) is 7.10. The molecule has 0 aliphatic carbocycles. The maximum atomic E-state index is 13.0. The second kappa shape index (κ2) is 8.37. The van der Waals surface area contributed by atoms with E-state index in [2.05, 4.69) is 5.32 Å². The van der Waals surface area contributed by atoms with Crippen LogP contribution >= 0.6 is 0 Å². The van der Waals surface area contributed by atoms with Crippen LogP contribution in [0.15, 0.2) is 24.3 Å². The smallest absolute Gasteiger partial charge is 0.317 e. The molecule has 0 aromatic heterocycles. The molecule has 2 aliphatic rings. The highest BCUT2D eigenvalue weighted by molar-refractivity contribution is 5.94. The van der Waals surface area contributed by atoms with Crippen molar-refractivity contribution >= 4 is 17.8 Å². The zero-order chi connectivity index (χ0) is 19.4. The molecule has 2 saturated heterocycles. The van der Waals surface area contributed by atoms with Crippen molar-refractivity contribution in [1.29, 1.82) is 0 Å². The van der Waals surface area contributed by atoms with Crippen LogP contribution in [0.3, 0.4) is 0 Å². The summed E-state index contributed by atoms with van der Waals surface area (Å²) in [6.45, 7) is 2.53. The van der Waals surface area contributed by atoms with Crippen molar-refractivity contribution in [1.82, 2.24) is 20.0 Å². The summed E-state index contributed by atoms with van der Waals surface area (Å²) in [5.41, 5.74) is 0.448. The number of nitrogens with zero attached hydrogens (tertiary/aromatic N) is 3. The molecule has 2 fully saturated rings. The van der Waals surface area contributed by atoms with Gasteiger partial charge in [-0.25, -0.2) is 9.18 Å². The molecular formula is C19H25FN4O3. The number of carbonyl (C=O) groups is 3. The van der Waals surface area contributed by atoms with Crippen molar-refractivity contribution in [2.24, 2.45) is 0 Å². The molecule has 1 N–H and O–H groups in total. The van der Waals surface area contributed by atoms with Crippen molar-refractivity contribution in [2.75, 3.05) is 39.8 Å². The molecule has 0 spiro atoms. The van der Waals surface area contributed by atoms with E-state index in [1.54, 1.807) is 21.7 Å². The van der Waals surface area contributed by atoms with Crippen LogP contribution in [0.4, 0.5) is 9.18 Å². The van der Waals surface area contributed by atoms with Crippen LogP contribution in [-0.2, 0) is 4.79 Å². The molecule has 146 valence electrons. The van der Waals surface area contributed by atoms with Crippen molar-refractivity contribution in [3.63, 3.8) is 0 Å². The standard InChI is InChI=1S/C19H25FN4O3/c1-22-13-16(7-8-17(22)25)21-19(27)24-10-2-9-23(11-12-24)18(26)14-3-5-15(20)6-4-14/h3-6,16H,2,7-13H2,1H3,(H,21,27). The lowest BCUT2D eigenvalue weighted by Crippen LogP contribution is -2.52. The highest BCUT2D eigenvalue weighted by Crippen LogP contribution is 2.13. The van der Waals surface area contributed by atoms with Crippen LogP contribution in [0.1, 0.15) is 29.6 Å². The molecular weight excluding hydrogens is 351 g/mol. The Balaban J connectivity index is 1.53. The molecule has 7 nitrogen and oxygen atoms in total. The molecule has 1 aromatic carbocycles. The summed E-state index contributed by atoms with van der Waals surface area (Å²) in [4.78, 5) is 41.7. The van der Waals surface area contributed by atoms with Gasteiger partial charge in [0.25, 0.3) is 5.91 Å². The second-order valence-corrected chi connectivity index (χ2v) is 7.10. The third kappa shape index (κ3) is 4.75. The summed E-state index contributed by atoms with van der Waals surface area (Å²) in [6.07, 6.45) is 1.78. The number of hydrogen-bond donors (Lipinski definition) is 1. The minimum atomic E-state index is -0.375. The van der Waals surface area contributed by atoms with Gasteiger partial charge in [0.05, 0.1) is 0 Å². The van der Waals surface area contributed by atoms with Crippen molar-refractivity contribution in [3.8, 4) is 0 Å². The zero-order valence-corrected chi connectivity index (χ0v) is 15.5. The van der Waals surface area contributed by atoms with Gasteiger partial charge in [-0.05, 0) is 37.1 Å². The summed E-state index contributed by atoms with van der Waals surface area (Å²) in [5, 5.41) is 3.00. The monoisotopic (exact) mass is 376 g/mol. The zero-order valence-electron chi connectivity index (χ0n) is 15.5. The molecule has 27 heavy (non-hydrogen) atoms. The average molecular weight is 376 g/mol. The number of halogens is 1. The Morgan fingerprint density at radius 1 is 1.07 bits per heavy atom. The van der Waals surface area contributed by atoms with Crippen molar-refractivity contribution in [3.05, 3.63) is 35.6 Å². The Morgan fingerprint density at radius 2 is 1.74 bits per heavy atom. The van der Waals surface area contributed by atoms with E-state index in [-0.39, 0.29) is 29.7 Å². The summed E-state index contributed by atoms with van der Waals surface area (Å²) in [6, 6.07) is 5.31. The lowest BCUT2D eigenvalue weighted by Gasteiger charge is -2.32. The minimum absolute atomic E-state index is 0.0413. The molecule has 8 heteroatoms. The first kappa shape index (κ1) is 19.1. The summed E-state index contributed by atoms with van der Waals surface area (Å²) >= 11 is 0. The number of likely N-dealkylation sites (N-methyl/N-ethyl adjacent to an activating group) is 1. The number of piperidine rings is 1. The topological polar surface area (TPSA) is 73.0 Å². The number of benzene rings is 1. The Hall–Kier alpha value is -2.64. The first-order valence-electron chi connectivity index (χ1n) is 9.28. The van der Waals surface area contributed by atoms with Crippen LogP contribution in [0.5, 0.6) is 0 Å². The Bertz CT molecular complexity index is 709. The third-order valence-electron chi connectivity index (χ3n) is 5.12. The molecule has 1 atom stereocenters. The van der Waals surface area contributed by atoms with E-state index in [1.165, 1.54) is 24.3 Å². The van der Waals surface area contributed by atoms with Crippen LogP contribution < -0.4 is 5.32 Å². The van der Waals surface area contributed by atoms with Crippen molar-refractivity contribution in [2.45, 2.75) is 25.3 Å². The van der Waals surface area contributed by atoms with Gasteiger partial charge >= 0.3 is 6.03 Å². The summed E-state index contributed by atoms with van der Waals surface area (Å²) in [5.74, 6) is -0.421. The SMILES string of the molecule is CN1CC(NC(=O)N2CCCN(C(=O)c3ccc(F)cc3)CC2)CCC1=O. The lowest BCUT2D eigenvalue weighted by atomic mass is 10.1. The maximum absolute atomic E-state index is 13.0. The van der Waals surface area contributed by atoms with E-state index in [9.17, 15) is 18.8 Å². The molecule has 0 bridgehead atoms. The molecule has 0 radical (unpaired) electrons. The molecule has 0 saturated carbocycles. The van der Waals surface area contributed by atoms with E-state index in [4.69, 9.17) is 0 Å². The summed E-state index contributed by atoms with van der Waals surface area (Å²) in [7, 11) is 1.74. The van der Waals surface area contributed by atoms with Gasteiger partial charge in [0.1, 0.15) is 5.82 Å². The molecule has 1 aromatic rings. The van der Waals surface area contributed by atoms with Gasteiger partial charge in [0, 0.05) is 57.8 Å². The van der Waals surface area contributed by atoms with Gasteiger partial charge < -0.3 is 20.0 Å². The number of rotatable bonds is 2. The fourth-order valence-corrected chi connectivity index (χ4v) is 3.49.